The van der Waals surface area contributed by atoms with E-state index in [1.165, 1.54) is 24.8 Å². The van der Waals surface area contributed by atoms with E-state index in [9.17, 15) is 0 Å². The summed E-state index contributed by atoms with van der Waals surface area (Å²) in [5.74, 6) is 0. The molecule has 2 N–H and O–H groups in total. The molecule has 2 aliphatic rings. The van der Waals surface area contributed by atoms with Crippen LogP contribution in [-0.4, -0.2) is 19.3 Å². The Morgan fingerprint density at radius 3 is 2.71 bits per heavy atom. The van der Waals surface area contributed by atoms with Crippen molar-refractivity contribution in [2.75, 3.05) is 13.2 Å². The third-order valence-electron chi connectivity index (χ3n) is 4.18. The highest BCUT2D eigenvalue weighted by Gasteiger charge is 2.41. The number of rotatable bonds is 3. The molecule has 2 nitrogen and oxygen atoms in total. The van der Waals surface area contributed by atoms with Crippen LogP contribution >= 0.6 is 0 Å². The first kappa shape index (κ1) is 11.2. The van der Waals surface area contributed by atoms with Crippen molar-refractivity contribution in [3.8, 4) is 0 Å². The fourth-order valence-corrected chi connectivity index (χ4v) is 3.27. The van der Waals surface area contributed by atoms with Gasteiger partial charge < -0.3 is 10.5 Å². The van der Waals surface area contributed by atoms with Crippen LogP contribution in [-0.2, 0) is 23.0 Å². The molecule has 1 atom stereocenters. The minimum absolute atomic E-state index is 0.200. The monoisotopic (exact) mass is 231 g/mol. The van der Waals surface area contributed by atoms with Crippen molar-refractivity contribution in [1.29, 1.82) is 0 Å². The van der Waals surface area contributed by atoms with Crippen LogP contribution in [0.4, 0.5) is 0 Å². The molecule has 0 amide bonds. The minimum Gasteiger partial charge on any atom is -0.379 e. The van der Waals surface area contributed by atoms with E-state index in [1.807, 2.05) is 0 Å². The van der Waals surface area contributed by atoms with Gasteiger partial charge in [-0.05, 0) is 49.3 Å². The Morgan fingerprint density at radius 1 is 1.29 bits per heavy atom. The molecule has 1 aromatic carbocycles. The fourth-order valence-electron chi connectivity index (χ4n) is 3.27. The highest BCUT2D eigenvalue weighted by atomic mass is 16.5. The summed E-state index contributed by atoms with van der Waals surface area (Å²) in [4.78, 5) is 0. The highest BCUT2D eigenvalue weighted by Crippen LogP contribution is 2.38. The van der Waals surface area contributed by atoms with Crippen LogP contribution in [0.5, 0.6) is 0 Å². The summed E-state index contributed by atoms with van der Waals surface area (Å²) in [6, 6.07) is 7.27. The lowest BCUT2D eigenvalue weighted by Gasteiger charge is -2.43. The molecule has 1 unspecified atom stereocenters. The van der Waals surface area contributed by atoms with Crippen molar-refractivity contribution in [2.24, 2.45) is 5.73 Å². The van der Waals surface area contributed by atoms with Gasteiger partial charge in [0, 0.05) is 11.5 Å². The summed E-state index contributed by atoms with van der Waals surface area (Å²) in [5, 5.41) is 0. The molecule has 0 saturated carbocycles. The first-order chi connectivity index (χ1) is 8.20. The zero-order valence-electron chi connectivity index (χ0n) is 10.5. The second kappa shape index (κ2) is 4.11. The first-order valence-electron chi connectivity index (χ1n) is 6.65. The van der Waals surface area contributed by atoms with Crippen LogP contribution in [0.15, 0.2) is 18.2 Å². The number of benzene rings is 1. The van der Waals surface area contributed by atoms with Crippen molar-refractivity contribution in [1.82, 2.24) is 0 Å². The Morgan fingerprint density at radius 2 is 2.06 bits per heavy atom. The average Bonchev–Trinajstić information content (AvgIpc) is 2.69. The minimum atomic E-state index is 0.200. The van der Waals surface area contributed by atoms with E-state index in [2.05, 4.69) is 25.1 Å². The number of aryl methyl sites for hydroxylation is 2. The molecule has 0 radical (unpaired) electrons. The molecule has 17 heavy (non-hydrogen) atoms. The molecule has 0 spiro atoms. The summed E-state index contributed by atoms with van der Waals surface area (Å²) < 4.78 is 5.46. The molecule has 1 heterocycles. The van der Waals surface area contributed by atoms with Gasteiger partial charge in [-0.2, -0.15) is 0 Å². The normalized spacial score (nSPS) is 22.9. The maximum Gasteiger partial charge on any atom is 0.0586 e. The van der Waals surface area contributed by atoms with Gasteiger partial charge in [0.05, 0.1) is 13.2 Å². The van der Waals surface area contributed by atoms with Gasteiger partial charge in [0.15, 0.2) is 0 Å². The fraction of sp³-hybridized carbons (Fsp3) is 0.600. The topological polar surface area (TPSA) is 35.2 Å². The second-order valence-electron chi connectivity index (χ2n) is 5.79. The van der Waals surface area contributed by atoms with E-state index in [1.54, 1.807) is 11.1 Å². The van der Waals surface area contributed by atoms with Gasteiger partial charge in [0.1, 0.15) is 0 Å². The van der Waals surface area contributed by atoms with Gasteiger partial charge >= 0.3 is 0 Å². The summed E-state index contributed by atoms with van der Waals surface area (Å²) in [5.41, 5.74) is 10.7. The van der Waals surface area contributed by atoms with Gasteiger partial charge in [-0.3, -0.25) is 0 Å². The molecule has 1 aromatic rings. The number of fused-ring (bicyclic) bond motifs is 1. The largest absolute Gasteiger partial charge is 0.379 e. The second-order valence-corrected chi connectivity index (χ2v) is 5.79. The maximum atomic E-state index is 5.98. The molecule has 92 valence electrons. The van der Waals surface area contributed by atoms with Crippen molar-refractivity contribution >= 4 is 0 Å². The summed E-state index contributed by atoms with van der Waals surface area (Å²) in [6.07, 6.45) is 4.85. The maximum absolute atomic E-state index is 5.98. The van der Waals surface area contributed by atoms with Crippen LogP contribution in [0, 0.1) is 0 Å². The summed E-state index contributed by atoms with van der Waals surface area (Å²) >= 11 is 0. The first-order valence-corrected chi connectivity index (χ1v) is 6.65. The standard InChI is InChI=1S/C15H21NO/c1-11(16)8-15(9-17-10-15)14-6-5-12-3-2-4-13(12)7-14/h5-7,11H,2-4,8-10,16H2,1H3. The third-order valence-corrected chi connectivity index (χ3v) is 4.18. The van der Waals surface area contributed by atoms with Crippen LogP contribution in [0.25, 0.3) is 0 Å². The molecule has 1 fully saturated rings. The molecule has 0 bridgehead atoms. The number of nitrogens with two attached hydrogens (primary N) is 1. The number of hydrogen-bond donors (Lipinski definition) is 1. The van der Waals surface area contributed by atoms with Gasteiger partial charge in [0.2, 0.25) is 0 Å². The third kappa shape index (κ3) is 1.90. The van der Waals surface area contributed by atoms with E-state index >= 15 is 0 Å². The van der Waals surface area contributed by atoms with E-state index in [4.69, 9.17) is 10.5 Å². The molecule has 2 heteroatoms. The van der Waals surface area contributed by atoms with Gasteiger partial charge in [0.25, 0.3) is 0 Å². The van der Waals surface area contributed by atoms with Crippen molar-refractivity contribution < 1.29 is 4.74 Å². The Balaban J connectivity index is 1.91. The molecule has 3 rings (SSSR count). The van der Waals surface area contributed by atoms with E-state index in [-0.39, 0.29) is 11.5 Å². The number of hydrogen-bond acceptors (Lipinski definition) is 2. The van der Waals surface area contributed by atoms with Crippen molar-refractivity contribution in [3.63, 3.8) is 0 Å². The smallest absolute Gasteiger partial charge is 0.0586 e. The highest BCUT2D eigenvalue weighted by molar-refractivity contribution is 5.39. The quantitative estimate of drug-likeness (QED) is 0.865. The molecular weight excluding hydrogens is 210 g/mol. The molecule has 1 saturated heterocycles. The Labute approximate surface area is 103 Å². The lowest BCUT2D eigenvalue weighted by molar-refractivity contribution is -0.0665. The Bertz CT molecular complexity index is 421. The van der Waals surface area contributed by atoms with Crippen LogP contribution in [0.3, 0.4) is 0 Å². The predicted octanol–water partition coefficient (Wildman–Crippen LogP) is 2.18. The molecule has 1 aliphatic heterocycles. The Hall–Kier alpha value is -0.860. The average molecular weight is 231 g/mol. The lowest BCUT2D eigenvalue weighted by Crippen LogP contribution is -2.49. The van der Waals surface area contributed by atoms with Crippen LogP contribution in [0.2, 0.25) is 0 Å². The summed E-state index contributed by atoms with van der Waals surface area (Å²) in [6.45, 7) is 3.77. The number of ether oxygens (including phenoxy) is 1. The molecular formula is C15H21NO. The van der Waals surface area contributed by atoms with Crippen LogP contribution in [0.1, 0.15) is 36.5 Å². The van der Waals surface area contributed by atoms with E-state index in [0.717, 1.165) is 19.6 Å². The molecule has 0 aromatic heterocycles. The van der Waals surface area contributed by atoms with Gasteiger partial charge in [-0.15, -0.1) is 0 Å². The SMILES string of the molecule is CC(N)CC1(c2ccc3c(c2)CCC3)COC1. The van der Waals surface area contributed by atoms with Gasteiger partial charge in [-0.1, -0.05) is 18.2 Å². The van der Waals surface area contributed by atoms with E-state index in [0.29, 0.717) is 0 Å². The Kier molecular flexibility index (Phi) is 2.72. The van der Waals surface area contributed by atoms with Crippen LogP contribution < -0.4 is 5.73 Å². The van der Waals surface area contributed by atoms with Crippen molar-refractivity contribution in [3.05, 3.63) is 34.9 Å². The lowest BCUT2D eigenvalue weighted by atomic mass is 9.73. The molecule has 1 aliphatic carbocycles. The predicted molar refractivity (Wildman–Crippen MR) is 69.2 cm³/mol. The zero-order chi connectivity index (χ0) is 11.9. The van der Waals surface area contributed by atoms with Gasteiger partial charge in [-0.25, -0.2) is 0 Å². The van der Waals surface area contributed by atoms with Crippen molar-refractivity contribution in [2.45, 2.75) is 44.1 Å². The summed E-state index contributed by atoms with van der Waals surface area (Å²) in [7, 11) is 0. The zero-order valence-corrected chi connectivity index (χ0v) is 10.5. The van der Waals surface area contributed by atoms with E-state index < -0.39 is 0 Å².